The van der Waals surface area contributed by atoms with Crippen molar-refractivity contribution in [3.63, 3.8) is 0 Å². The molecule has 0 atom stereocenters. The van der Waals surface area contributed by atoms with Crippen molar-refractivity contribution in [1.82, 2.24) is 0 Å². The Balaban J connectivity index is 3.23. The van der Waals surface area contributed by atoms with Crippen LogP contribution in [0, 0.1) is 0 Å². The first-order valence-electron chi connectivity index (χ1n) is 3.75. The van der Waals surface area contributed by atoms with Crippen LogP contribution >= 0.6 is 0 Å². The van der Waals surface area contributed by atoms with Gasteiger partial charge < -0.3 is 9.47 Å². The van der Waals surface area contributed by atoms with Gasteiger partial charge in [0.05, 0.1) is 13.2 Å². The van der Waals surface area contributed by atoms with Crippen molar-refractivity contribution >= 4 is 0 Å². The fourth-order valence-corrected chi connectivity index (χ4v) is 1.12. The molecule has 0 aromatic carbocycles. The normalized spacial score (nSPS) is 22.5. The average Bonchev–Trinajstić information content (AvgIpc) is 2.48. The Morgan fingerprint density at radius 3 is 1.38 bits per heavy atom. The number of rotatable bonds is 1. The quantitative estimate of drug-likeness (QED) is 0.674. The molecule has 1 heterocycles. The van der Waals surface area contributed by atoms with Crippen LogP contribution < -0.4 is 0 Å². The van der Waals surface area contributed by atoms with Crippen molar-refractivity contribution in [2.24, 2.45) is 0 Å². The van der Waals surface area contributed by atoms with Gasteiger partial charge in [-0.1, -0.05) is 0 Å². The maximum absolute atomic E-state index is 12.7. The van der Waals surface area contributed by atoms with E-state index in [1.807, 2.05) is 0 Å². The van der Waals surface area contributed by atoms with Crippen LogP contribution in [0.3, 0.4) is 0 Å². The summed E-state index contributed by atoms with van der Waals surface area (Å²) in [5.41, 5.74) is 0. The zero-order valence-electron chi connectivity index (χ0n) is 7.25. The van der Waals surface area contributed by atoms with Crippen LogP contribution in [0.15, 0.2) is 0 Å². The fraction of sp³-hybridized carbons (Fsp3) is 1.00. The van der Waals surface area contributed by atoms with E-state index in [1.165, 1.54) is 0 Å². The molecule has 16 heavy (non-hydrogen) atoms. The molecular weight excluding hydrogens is 256 g/mol. The van der Waals surface area contributed by atoms with Gasteiger partial charge in [-0.15, -0.1) is 0 Å². The number of ether oxygens (including phenoxy) is 2. The molecule has 10 heteroatoms. The first kappa shape index (κ1) is 13.4. The number of alkyl halides is 8. The zero-order valence-corrected chi connectivity index (χ0v) is 7.25. The van der Waals surface area contributed by atoms with Gasteiger partial charge in [0.1, 0.15) is 0 Å². The lowest BCUT2D eigenvalue weighted by molar-refractivity contribution is -0.459. The lowest BCUT2D eigenvalue weighted by atomic mass is 10.1. The molecule has 0 aromatic heterocycles. The van der Waals surface area contributed by atoms with Gasteiger partial charge in [0.15, 0.2) is 0 Å². The van der Waals surface area contributed by atoms with Gasteiger partial charge in [0.2, 0.25) is 0 Å². The highest BCUT2D eigenvalue weighted by Gasteiger charge is 2.83. The first-order chi connectivity index (χ1) is 6.96. The molecule has 0 N–H and O–H groups in total. The van der Waals surface area contributed by atoms with Gasteiger partial charge in [0.25, 0.3) is 0 Å². The minimum atomic E-state index is -6.42. The highest BCUT2D eigenvalue weighted by molar-refractivity contribution is 4.99. The highest BCUT2D eigenvalue weighted by atomic mass is 19.4. The molecule has 1 fully saturated rings. The predicted molar refractivity (Wildman–Crippen MR) is 31.7 cm³/mol. The van der Waals surface area contributed by atoms with Crippen molar-refractivity contribution in [2.75, 3.05) is 13.2 Å². The topological polar surface area (TPSA) is 18.5 Å². The maximum Gasteiger partial charge on any atom is 0.459 e. The summed E-state index contributed by atoms with van der Waals surface area (Å²) in [4.78, 5) is 0. The fourth-order valence-electron chi connectivity index (χ4n) is 1.12. The molecule has 1 aliphatic heterocycles. The van der Waals surface area contributed by atoms with Gasteiger partial charge in [-0.25, -0.2) is 0 Å². The van der Waals surface area contributed by atoms with Gasteiger partial charge in [-0.2, -0.15) is 35.1 Å². The van der Waals surface area contributed by atoms with E-state index < -0.39 is 37.3 Å². The SMILES string of the molecule is FC(F)(F)C(F)(F)C1(C(F)(F)F)OCCO1. The second kappa shape index (κ2) is 3.42. The summed E-state index contributed by atoms with van der Waals surface area (Å²) in [6, 6.07) is 0. The third-order valence-electron chi connectivity index (χ3n) is 1.84. The molecule has 1 saturated heterocycles. The summed E-state index contributed by atoms with van der Waals surface area (Å²) in [6.45, 7) is -1.99. The molecule has 0 radical (unpaired) electrons. The van der Waals surface area contributed by atoms with Gasteiger partial charge in [-0.3, -0.25) is 0 Å². The van der Waals surface area contributed by atoms with Crippen molar-refractivity contribution < 1.29 is 44.6 Å². The lowest BCUT2D eigenvalue weighted by Gasteiger charge is -2.36. The number of halogens is 8. The van der Waals surface area contributed by atoms with Crippen LogP contribution in [-0.4, -0.2) is 37.3 Å². The van der Waals surface area contributed by atoms with E-state index in [0.29, 0.717) is 0 Å². The van der Waals surface area contributed by atoms with E-state index in [-0.39, 0.29) is 0 Å². The number of hydrogen-bond donors (Lipinski definition) is 0. The third kappa shape index (κ3) is 1.63. The Labute approximate surface area is 83.1 Å². The monoisotopic (exact) mass is 260 g/mol. The summed E-state index contributed by atoms with van der Waals surface area (Å²) >= 11 is 0. The van der Waals surface area contributed by atoms with E-state index in [9.17, 15) is 35.1 Å². The van der Waals surface area contributed by atoms with E-state index >= 15 is 0 Å². The molecule has 0 aromatic rings. The molecule has 0 bridgehead atoms. The highest BCUT2D eigenvalue weighted by Crippen LogP contribution is 2.54. The summed E-state index contributed by atoms with van der Waals surface area (Å²) in [5.74, 6) is -11.1. The van der Waals surface area contributed by atoms with Gasteiger partial charge >= 0.3 is 24.1 Å². The molecule has 0 amide bonds. The summed E-state index contributed by atoms with van der Waals surface area (Å²) in [7, 11) is 0. The van der Waals surface area contributed by atoms with E-state index in [2.05, 4.69) is 9.47 Å². The lowest BCUT2D eigenvalue weighted by Crippen LogP contribution is -2.65. The third-order valence-corrected chi connectivity index (χ3v) is 1.84. The van der Waals surface area contributed by atoms with Gasteiger partial charge in [0, 0.05) is 0 Å². The molecule has 0 unspecified atom stereocenters. The molecular formula is C6H4F8O2. The second-order valence-corrected chi connectivity index (χ2v) is 2.88. The van der Waals surface area contributed by atoms with Crippen LogP contribution in [0.2, 0.25) is 0 Å². The van der Waals surface area contributed by atoms with Crippen molar-refractivity contribution in [3.05, 3.63) is 0 Å². The van der Waals surface area contributed by atoms with Crippen LogP contribution in [0.1, 0.15) is 0 Å². The molecule has 0 spiro atoms. The molecule has 2 nitrogen and oxygen atoms in total. The average molecular weight is 260 g/mol. The Kier molecular flexibility index (Phi) is 2.87. The Morgan fingerprint density at radius 1 is 0.750 bits per heavy atom. The Morgan fingerprint density at radius 2 is 1.12 bits per heavy atom. The molecule has 0 aliphatic carbocycles. The van der Waals surface area contributed by atoms with Crippen LogP contribution in [-0.2, 0) is 9.47 Å². The van der Waals surface area contributed by atoms with Crippen molar-refractivity contribution in [3.8, 4) is 0 Å². The van der Waals surface area contributed by atoms with E-state index in [0.717, 1.165) is 0 Å². The maximum atomic E-state index is 12.7. The second-order valence-electron chi connectivity index (χ2n) is 2.88. The Hall–Kier alpha value is -0.640. The summed E-state index contributed by atoms with van der Waals surface area (Å²) in [6.07, 6.45) is -12.4. The van der Waals surface area contributed by atoms with Crippen LogP contribution in [0.5, 0.6) is 0 Å². The summed E-state index contributed by atoms with van der Waals surface area (Å²) in [5, 5.41) is 0. The van der Waals surface area contributed by atoms with Crippen molar-refractivity contribution in [2.45, 2.75) is 24.1 Å². The molecule has 1 aliphatic rings. The smallest absolute Gasteiger partial charge is 0.335 e. The standard InChI is InChI=1S/C6H4F8O2/c7-3(8,5(9,10)11)4(6(12,13)14)15-1-2-16-4/h1-2H2. The van der Waals surface area contributed by atoms with E-state index in [4.69, 9.17) is 0 Å². The predicted octanol–water partition coefficient (Wildman–Crippen LogP) is 2.49. The van der Waals surface area contributed by atoms with Crippen LogP contribution in [0.4, 0.5) is 35.1 Å². The number of hydrogen-bond acceptors (Lipinski definition) is 2. The van der Waals surface area contributed by atoms with Crippen molar-refractivity contribution in [1.29, 1.82) is 0 Å². The molecule has 96 valence electrons. The molecule has 1 rings (SSSR count). The summed E-state index contributed by atoms with van der Waals surface area (Å²) < 4.78 is 105. The minimum Gasteiger partial charge on any atom is -0.335 e. The van der Waals surface area contributed by atoms with Gasteiger partial charge in [-0.05, 0) is 0 Å². The largest absolute Gasteiger partial charge is 0.459 e. The minimum absolute atomic E-state index is 0.995. The zero-order chi connectivity index (χ0) is 12.8. The van der Waals surface area contributed by atoms with Crippen LogP contribution in [0.25, 0.3) is 0 Å². The Bertz CT molecular complexity index is 261. The van der Waals surface area contributed by atoms with E-state index in [1.54, 1.807) is 0 Å². The molecule has 0 saturated carbocycles. The first-order valence-corrected chi connectivity index (χ1v) is 3.75.